The van der Waals surface area contributed by atoms with E-state index in [1.807, 2.05) is 0 Å². The zero-order valence-electron chi connectivity index (χ0n) is 19.3. The SMILES string of the molecule is NC12CNCCNCC(NC(=O)Cc3ccc(O)c(O)c3)(CNCCNC1)CNCCNC2. The molecule has 0 aromatic heterocycles. The first kappa shape index (κ1) is 25.6. The predicted molar refractivity (Wildman–Crippen MR) is 128 cm³/mol. The summed E-state index contributed by atoms with van der Waals surface area (Å²) in [6, 6.07) is 4.46. The van der Waals surface area contributed by atoms with Crippen LogP contribution in [-0.4, -0.2) is 106 Å². The van der Waals surface area contributed by atoms with Gasteiger partial charge in [0, 0.05) is 78.5 Å². The second-order valence-corrected chi connectivity index (χ2v) is 9.25. The highest BCUT2D eigenvalue weighted by molar-refractivity contribution is 5.79. The zero-order valence-corrected chi connectivity index (χ0v) is 19.3. The average molecular weight is 465 g/mol. The van der Waals surface area contributed by atoms with Gasteiger partial charge in [-0.15, -0.1) is 0 Å². The minimum absolute atomic E-state index is 0.110. The Morgan fingerprint density at radius 3 is 1.70 bits per heavy atom. The lowest BCUT2D eigenvalue weighted by Gasteiger charge is -2.37. The Balaban J connectivity index is 1.72. The second kappa shape index (κ2) is 12.5. The van der Waals surface area contributed by atoms with Crippen molar-refractivity contribution in [3.05, 3.63) is 23.8 Å². The van der Waals surface area contributed by atoms with E-state index in [9.17, 15) is 15.0 Å². The number of amides is 1. The largest absolute Gasteiger partial charge is 0.504 e. The van der Waals surface area contributed by atoms with Crippen LogP contribution in [0.25, 0.3) is 0 Å². The van der Waals surface area contributed by atoms with Crippen LogP contribution >= 0.6 is 0 Å². The lowest BCUT2D eigenvalue weighted by molar-refractivity contribution is -0.122. The summed E-state index contributed by atoms with van der Waals surface area (Å²) in [4.78, 5) is 13.0. The Morgan fingerprint density at radius 2 is 1.24 bits per heavy atom. The van der Waals surface area contributed by atoms with Crippen LogP contribution in [0.4, 0.5) is 0 Å². The zero-order chi connectivity index (χ0) is 23.6. The first-order chi connectivity index (χ1) is 15.9. The minimum Gasteiger partial charge on any atom is -0.504 e. The van der Waals surface area contributed by atoms with Gasteiger partial charge in [0.2, 0.25) is 5.91 Å². The van der Waals surface area contributed by atoms with E-state index >= 15 is 0 Å². The summed E-state index contributed by atoms with van der Waals surface area (Å²) in [5.74, 6) is -0.571. The molecular weight excluding hydrogens is 424 g/mol. The number of benzene rings is 1. The fraction of sp³-hybridized carbons (Fsp3) is 0.682. The van der Waals surface area contributed by atoms with E-state index in [0.29, 0.717) is 44.8 Å². The van der Waals surface area contributed by atoms with Crippen molar-refractivity contribution in [2.75, 3.05) is 78.5 Å². The molecule has 3 saturated heterocycles. The molecule has 0 unspecified atom stereocenters. The first-order valence-corrected chi connectivity index (χ1v) is 11.7. The van der Waals surface area contributed by atoms with E-state index in [4.69, 9.17) is 5.73 Å². The van der Waals surface area contributed by atoms with Gasteiger partial charge in [0.1, 0.15) is 0 Å². The highest BCUT2D eigenvalue weighted by Gasteiger charge is 2.32. The molecule has 1 aromatic rings. The molecule has 33 heavy (non-hydrogen) atoms. The number of aromatic hydroxyl groups is 2. The van der Waals surface area contributed by atoms with Gasteiger partial charge in [-0.3, -0.25) is 4.79 Å². The second-order valence-electron chi connectivity index (χ2n) is 9.25. The van der Waals surface area contributed by atoms with Gasteiger partial charge in [-0.05, 0) is 17.7 Å². The van der Waals surface area contributed by atoms with Gasteiger partial charge in [0.15, 0.2) is 11.5 Å². The number of phenolic OH excluding ortho intramolecular Hbond substituents is 2. The van der Waals surface area contributed by atoms with Crippen LogP contribution in [0.15, 0.2) is 18.2 Å². The van der Waals surface area contributed by atoms with Crippen LogP contribution < -0.4 is 43.0 Å². The molecule has 1 amide bonds. The van der Waals surface area contributed by atoms with Crippen molar-refractivity contribution in [1.82, 2.24) is 37.2 Å². The van der Waals surface area contributed by atoms with E-state index in [0.717, 1.165) is 39.3 Å². The van der Waals surface area contributed by atoms with Crippen LogP contribution in [0.5, 0.6) is 11.5 Å². The summed E-state index contributed by atoms with van der Waals surface area (Å²) in [6.45, 7) is 8.47. The van der Waals surface area contributed by atoms with Crippen molar-refractivity contribution < 1.29 is 15.0 Å². The van der Waals surface area contributed by atoms with Gasteiger partial charge in [0.05, 0.1) is 17.5 Å². The smallest absolute Gasteiger partial charge is 0.224 e. The van der Waals surface area contributed by atoms with Crippen LogP contribution in [0.1, 0.15) is 5.56 Å². The molecule has 0 saturated carbocycles. The number of hydrogen-bond donors (Lipinski definition) is 10. The summed E-state index contributed by atoms with van der Waals surface area (Å²) < 4.78 is 0. The Bertz CT molecular complexity index is 720. The van der Waals surface area contributed by atoms with Gasteiger partial charge >= 0.3 is 0 Å². The molecule has 2 bridgehead atoms. The van der Waals surface area contributed by atoms with Crippen molar-refractivity contribution >= 4 is 5.91 Å². The monoisotopic (exact) mass is 464 g/mol. The Labute approximate surface area is 195 Å². The van der Waals surface area contributed by atoms with Gasteiger partial charge < -0.3 is 53.2 Å². The third kappa shape index (κ3) is 8.38. The Morgan fingerprint density at radius 1 is 0.788 bits per heavy atom. The maximum absolute atomic E-state index is 13.0. The molecule has 1 aromatic carbocycles. The third-order valence-corrected chi connectivity index (χ3v) is 6.07. The molecule has 0 aliphatic carbocycles. The average Bonchev–Trinajstić information content (AvgIpc) is 2.77. The number of nitrogens with one attached hydrogen (secondary N) is 7. The van der Waals surface area contributed by atoms with Crippen molar-refractivity contribution in [3.63, 3.8) is 0 Å². The minimum atomic E-state index is -0.540. The molecule has 11 N–H and O–H groups in total. The topological polar surface area (TPSA) is 168 Å². The molecule has 4 rings (SSSR count). The van der Waals surface area contributed by atoms with Crippen molar-refractivity contribution in [2.24, 2.45) is 5.73 Å². The predicted octanol–water partition coefficient (Wildman–Crippen LogP) is -3.24. The molecule has 186 valence electrons. The number of carbonyl (C=O) groups is 1. The molecule has 11 nitrogen and oxygen atoms in total. The number of fused-ring (bicyclic) bond motifs is 15. The van der Waals surface area contributed by atoms with E-state index in [1.165, 1.54) is 12.1 Å². The molecule has 3 aliphatic rings. The summed E-state index contributed by atoms with van der Waals surface area (Å²) in [6.07, 6.45) is 0.110. The quantitative estimate of drug-likeness (QED) is 0.205. The van der Waals surface area contributed by atoms with Gasteiger partial charge in [-0.1, -0.05) is 6.07 Å². The summed E-state index contributed by atoms with van der Waals surface area (Å²) >= 11 is 0. The maximum atomic E-state index is 13.0. The third-order valence-electron chi connectivity index (χ3n) is 6.07. The van der Waals surface area contributed by atoms with E-state index in [2.05, 4.69) is 37.2 Å². The van der Waals surface area contributed by atoms with E-state index < -0.39 is 5.54 Å². The van der Waals surface area contributed by atoms with Gasteiger partial charge in [-0.25, -0.2) is 0 Å². The molecule has 0 spiro atoms. The highest BCUT2D eigenvalue weighted by atomic mass is 16.3. The fourth-order valence-corrected chi connectivity index (χ4v) is 4.24. The number of carbonyl (C=O) groups excluding carboxylic acids is 1. The van der Waals surface area contributed by atoms with E-state index in [1.54, 1.807) is 6.07 Å². The van der Waals surface area contributed by atoms with Crippen LogP contribution in [0, 0.1) is 0 Å². The maximum Gasteiger partial charge on any atom is 0.224 e. The molecule has 0 radical (unpaired) electrons. The van der Waals surface area contributed by atoms with Crippen molar-refractivity contribution in [1.29, 1.82) is 0 Å². The Kier molecular flexibility index (Phi) is 9.68. The summed E-state index contributed by atoms with van der Waals surface area (Å²) in [7, 11) is 0. The number of phenols is 2. The van der Waals surface area contributed by atoms with Crippen molar-refractivity contribution in [3.8, 4) is 11.5 Å². The fourth-order valence-electron chi connectivity index (χ4n) is 4.24. The van der Waals surface area contributed by atoms with E-state index in [-0.39, 0.29) is 29.4 Å². The van der Waals surface area contributed by atoms with Gasteiger partial charge in [0.25, 0.3) is 0 Å². The Hall–Kier alpha value is -1.99. The lowest BCUT2D eigenvalue weighted by Crippen LogP contribution is -2.67. The molecule has 0 atom stereocenters. The summed E-state index contributed by atoms with van der Waals surface area (Å²) in [5.41, 5.74) is 6.36. The molecular formula is C22H40N8O3. The van der Waals surface area contributed by atoms with Crippen LogP contribution in [0.2, 0.25) is 0 Å². The van der Waals surface area contributed by atoms with Crippen LogP contribution in [0.3, 0.4) is 0 Å². The summed E-state index contributed by atoms with van der Waals surface area (Å²) in [5, 5.41) is 43.3. The van der Waals surface area contributed by atoms with Crippen molar-refractivity contribution in [2.45, 2.75) is 17.5 Å². The number of nitrogens with two attached hydrogens (primary N) is 1. The molecule has 11 heteroatoms. The first-order valence-electron chi connectivity index (χ1n) is 11.7. The number of rotatable bonds is 3. The highest BCUT2D eigenvalue weighted by Crippen LogP contribution is 2.25. The molecule has 3 aliphatic heterocycles. The normalized spacial score (nSPS) is 28.5. The number of hydrogen-bond acceptors (Lipinski definition) is 10. The lowest BCUT2D eigenvalue weighted by atomic mass is 9.97. The molecule has 3 fully saturated rings. The van der Waals surface area contributed by atoms with Crippen LogP contribution in [-0.2, 0) is 11.2 Å². The molecule has 3 heterocycles. The standard InChI is InChI=1S/C22H40N8O3/c23-21-11-24-3-6-27-14-22(15-28-7-4-25-12-21,16-29-8-5-26-13-21)30-20(33)10-17-1-2-18(31)19(32)9-17/h1-2,9,24-29,31-32H,3-8,10-16,23H2,(H,30,33). The van der Waals surface area contributed by atoms with Gasteiger partial charge in [-0.2, -0.15) is 0 Å².